The molecule has 7 nitrogen and oxygen atoms in total. The number of furan rings is 1. The molecule has 2 aromatic rings. The van der Waals surface area contributed by atoms with Crippen LogP contribution in [0.5, 0.6) is 0 Å². The number of likely N-dealkylation sites (tertiary alicyclic amines) is 1. The van der Waals surface area contributed by atoms with Crippen molar-refractivity contribution < 1.29 is 18.8 Å². The lowest BCUT2D eigenvalue weighted by atomic mass is 10.00. The Kier molecular flexibility index (Phi) is 7.74. The number of nitrogens with zero attached hydrogens (tertiary/aromatic N) is 1. The van der Waals surface area contributed by atoms with Crippen LogP contribution in [0.2, 0.25) is 5.02 Å². The van der Waals surface area contributed by atoms with Gasteiger partial charge in [-0.15, -0.1) is 0 Å². The Balaban J connectivity index is 1.55. The zero-order chi connectivity index (χ0) is 22.4. The summed E-state index contributed by atoms with van der Waals surface area (Å²) in [6, 6.07) is 7.54. The van der Waals surface area contributed by atoms with Gasteiger partial charge in [-0.2, -0.15) is 0 Å². The van der Waals surface area contributed by atoms with Gasteiger partial charge in [0, 0.05) is 29.7 Å². The van der Waals surface area contributed by atoms with Crippen LogP contribution in [0.15, 0.2) is 47.3 Å². The van der Waals surface area contributed by atoms with Crippen LogP contribution < -0.4 is 10.6 Å². The highest BCUT2D eigenvalue weighted by Crippen LogP contribution is 2.16. The van der Waals surface area contributed by atoms with E-state index in [4.69, 9.17) is 16.0 Å². The molecule has 3 rings (SSSR count). The van der Waals surface area contributed by atoms with Crippen molar-refractivity contribution in [2.24, 2.45) is 5.92 Å². The summed E-state index contributed by atoms with van der Waals surface area (Å²) in [6.45, 7) is 5.13. The van der Waals surface area contributed by atoms with E-state index >= 15 is 0 Å². The first kappa shape index (κ1) is 22.9. The van der Waals surface area contributed by atoms with E-state index in [1.807, 2.05) is 13.8 Å². The Bertz CT molecular complexity index is 888. The van der Waals surface area contributed by atoms with E-state index in [2.05, 4.69) is 10.6 Å². The van der Waals surface area contributed by atoms with E-state index in [0.717, 1.165) is 0 Å². The van der Waals surface area contributed by atoms with E-state index in [-0.39, 0.29) is 29.7 Å². The van der Waals surface area contributed by atoms with Crippen LogP contribution in [0, 0.1) is 5.92 Å². The lowest BCUT2D eigenvalue weighted by Gasteiger charge is -2.33. The molecule has 1 aromatic carbocycles. The van der Waals surface area contributed by atoms with E-state index < -0.39 is 6.04 Å². The molecule has 1 aliphatic heterocycles. The molecule has 0 spiro atoms. The van der Waals surface area contributed by atoms with E-state index in [1.54, 1.807) is 35.2 Å². The van der Waals surface area contributed by atoms with Crippen molar-refractivity contribution in [3.05, 3.63) is 59.0 Å². The number of amides is 3. The number of halogens is 1. The monoisotopic (exact) mass is 445 g/mol. The first-order chi connectivity index (χ1) is 14.8. The molecule has 166 valence electrons. The van der Waals surface area contributed by atoms with Crippen molar-refractivity contribution >= 4 is 29.3 Å². The number of piperidine rings is 1. The predicted molar refractivity (Wildman–Crippen MR) is 118 cm³/mol. The number of carbonyl (C=O) groups excluding carboxylic acids is 3. The van der Waals surface area contributed by atoms with Crippen LogP contribution in [-0.2, 0) is 4.79 Å². The second-order valence-electron chi connectivity index (χ2n) is 8.25. The predicted octanol–water partition coefficient (Wildman–Crippen LogP) is 3.50. The lowest BCUT2D eigenvalue weighted by molar-refractivity contribution is -0.124. The Morgan fingerprint density at radius 1 is 1.10 bits per heavy atom. The SMILES string of the molecule is CC(C)CC(NC(=O)c1ccc(Cl)cc1)C(=O)NC1CCN(C(=O)c2ccoc2)CC1. The van der Waals surface area contributed by atoms with Crippen molar-refractivity contribution in [3.63, 3.8) is 0 Å². The summed E-state index contributed by atoms with van der Waals surface area (Å²) in [5, 5.41) is 6.45. The third-order valence-electron chi connectivity index (χ3n) is 5.33. The Morgan fingerprint density at radius 3 is 2.35 bits per heavy atom. The van der Waals surface area contributed by atoms with Gasteiger partial charge in [-0.05, 0) is 55.5 Å². The molecule has 1 saturated heterocycles. The number of benzene rings is 1. The number of carbonyl (C=O) groups is 3. The molecule has 2 heterocycles. The fourth-order valence-corrected chi connectivity index (χ4v) is 3.77. The van der Waals surface area contributed by atoms with Gasteiger partial charge in [-0.25, -0.2) is 0 Å². The van der Waals surface area contributed by atoms with Crippen LogP contribution >= 0.6 is 11.6 Å². The van der Waals surface area contributed by atoms with Crippen molar-refractivity contribution in [2.75, 3.05) is 13.1 Å². The maximum Gasteiger partial charge on any atom is 0.257 e. The first-order valence-electron chi connectivity index (χ1n) is 10.5. The van der Waals surface area contributed by atoms with Crippen LogP contribution in [-0.4, -0.2) is 47.8 Å². The van der Waals surface area contributed by atoms with Gasteiger partial charge in [0.2, 0.25) is 5.91 Å². The summed E-state index contributed by atoms with van der Waals surface area (Å²) in [4.78, 5) is 39.7. The second kappa shape index (κ2) is 10.5. The van der Waals surface area contributed by atoms with E-state index in [1.165, 1.54) is 12.5 Å². The molecule has 31 heavy (non-hydrogen) atoms. The molecule has 3 amide bonds. The summed E-state index contributed by atoms with van der Waals surface area (Å²) < 4.78 is 4.98. The maximum atomic E-state index is 12.9. The zero-order valence-electron chi connectivity index (χ0n) is 17.8. The molecule has 1 atom stereocenters. The molecular formula is C23H28ClN3O4. The van der Waals surface area contributed by atoms with Crippen molar-refractivity contribution in [1.29, 1.82) is 0 Å². The number of hydrogen-bond acceptors (Lipinski definition) is 4. The summed E-state index contributed by atoms with van der Waals surface area (Å²) in [6.07, 6.45) is 4.77. The van der Waals surface area contributed by atoms with Gasteiger partial charge >= 0.3 is 0 Å². The smallest absolute Gasteiger partial charge is 0.257 e. The third-order valence-corrected chi connectivity index (χ3v) is 5.58. The quantitative estimate of drug-likeness (QED) is 0.682. The largest absolute Gasteiger partial charge is 0.472 e. The van der Waals surface area contributed by atoms with Gasteiger partial charge in [0.05, 0.1) is 11.8 Å². The normalized spacial score (nSPS) is 15.5. The molecule has 8 heteroatoms. The zero-order valence-corrected chi connectivity index (χ0v) is 18.5. The van der Waals surface area contributed by atoms with Gasteiger partial charge in [0.25, 0.3) is 11.8 Å². The van der Waals surface area contributed by atoms with Crippen molar-refractivity contribution in [3.8, 4) is 0 Å². The summed E-state index contributed by atoms with van der Waals surface area (Å²) >= 11 is 5.88. The molecule has 1 fully saturated rings. The lowest BCUT2D eigenvalue weighted by Crippen LogP contribution is -2.53. The minimum absolute atomic E-state index is 0.0389. The molecule has 0 aliphatic carbocycles. The van der Waals surface area contributed by atoms with Crippen molar-refractivity contribution in [1.82, 2.24) is 15.5 Å². The molecule has 0 radical (unpaired) electrons. The highest BCUT2D eigenvalue weighted by Gasteiger charge is 2.28. The van der Waals surface area contributed by atoms with Crippen molar-refractivity contribution in [2.45, 2.75) is 45.2 Å². The molecule has 2 N–H and O–H groups in total. The second-order valence-corrected chi connectivity index (χ2v) is 8.69. The number of nitrogens with one attached hydrogen (secondary N) is 2. The summed E-state index contributed by atoms with van der Waals surface area (Å²) in [7, 11) is 0. The molecule has 1 aromatic heterocycles. The average molecular weight is 446 g/mol. The number of hydrogen-bond donors (Lipinski definition) is 2. The highest BCUT2D eigenvalue weighted by molar-refractivity contribution is 6.30. The Hall–Kier alpha value is -2.80. The van der Waals surface area contributed by atoms with Gasteiger partial charge in [0.1, 0.15) is 12.3 Å². The fourth-order valence-electron chi connectivity index (χ4n) is 3.64. The van der Waals surface area contributed by atoms with Crippen LogP contribution in [0.4, 0.5) is 0 Å². The van der Waals surface area contributed by atoms with Gasteiger partial charge in [-0.3, -0.25) is 14.4 Å². The topological polar surface area (TPSA) is 91.7 Å². The molecule has 1 aliphatic rings. The molecular weight excluding hydrogens is 418 g/mol. The third kappa shape index (κ3) is 6.34. The maximum absolute atomic E-state index is 12.9. The molecule has 0 saturated carbocycles. The first-order valence-corrected chi connectivity index (χ1v) is 10.9. The fraction of sp³-hybridized carbons (Fsp3) is 0.435. The minimum atomic E-state index is -0.631. The Labute approximate surface area is 187 Å². The number of rotatable bonds is 7. The van der Waals surface area contributed by atoms with Crippen LogP contribution in [0.1, 0.15) is 53.8 Å². The average Bonchev–Trinajstić information content (AvgIpc) is 3.28. The van der Waals surface area contributed by atoms with Gasteiger partial charge in [0.15, 0.2) is 0 Å². The van der Waals surface area contributed by atoms with Gasteiger partial charge < -0.3 is 20.0 Å². The van der Waals surface area contributed by atoms with Crippen LogP contribution in [0.3, 0.4) is 0 Å². The molecule has 1 unspecified atom stereocenters. The Morgan fingerprint density at radius 2 is 1.77 bits per heavy atom. The van der Waals surface area contributed by atoms with Gasteiger partial charge in [-0.1, -0.05) is 25.4 Å². The highest BCUT2D eigenvalue weighted by atomic mass is 35.5. The summed E-state index contributed by atoms with van der Waals surface area (Å²) in [5.74, 6) is -0.337. The molecule has 0 bridgehead atoms. The van der Waals surface area contributed by atoms with E-state index in [0.29, 0.717) is 48.5 Å². The minimum Gasteiger partial charge on any atom is -0.472 e. The standard InChI is InChI=1S/C23H28ClN3O4/c1-15(2)13-20(26-21(28)16-3-5-18(24)6-4-16)22(29)25-19-7-10-27(11-8-19)23(30)17-9-12-31-14-17/h3-6,9,12,14-15,19-20H,7-8,10-11,13H2,1-2H3,(H,25,29)(H,26,28). The van der Waals surface area contributed by atoms with Crippen LogP contribution in [0.25, 0.3) is 0 Å². The van der Waals surface area contributed by atoms with E-state index in [9.17, 15) is 14.4 Å². The summed E-state index contributed by atoms with van der Waals surface area (Å²) in [5.41, 5.74) is 0.987.